The van der Waals surface area contributed by atoms with E-state index in [-0.39, 0.29) is 11.9 Å². The van der Waals surface area contributed by atoms with E-state index in [0.29, 0.717) is 6.61 Å². The van der Waals surface area contributed by atoms with Crippen molar-refractivity contribution in [2.24, 2.45) is 0 Å². The number of benzene rings is 1. The molecule has 0 saturated carbocycles. The molecule has 116 valence electrons. The Morgan fingerprint density at radius 1 is 1.48 bits per heavy atom. The zero-order chi connectivity index (χ0) is 16.0. The van der Waals surface area contributed by atoms with E-state index in [4.69, 9.17) is 10.1 Å². The highest BCUT2D eigenvalue weighted by atomic mass is 79.9. The van der Waals surface area contributed by atoms with Crippen LogP contribution in [-0.2, 0) is 27.3 Å². The van der Waals surface area contributed by atoms with Crippen molar-refractivity contribution >= 4 is 39.1 Å². The smallest absolute Gasteiger partial charge is 0.269 e. The highest BCUT2D eigenvalue weighted by molar-refractivity contribution is 9.10. The Balaban J connectivity index is 1.88. The fraction of sp³-hybridized carbons (Fsp3) is 0.250. The van der Waals surface area contributed by atoms with Gasteiger partial charge >= 0.3 is 0 Å². The molecule has 5 nitrogen and oxygen atoms in total. The average molecular weight is 390 g/mol. The minimum absolute atomic E-state index is 0.0942. The number of ether oxygens (including phenoxy) is 1. The van der Waals surface area contributed by atoms with Crippen molar-refractivity contribution in [3.63, 3.8) is 0 Å². The van der Waals surface area contributed by atoms with E-state index in [2.05, 4.69) is 21.2 Å². The Labute approximate surface area is 144 Å². The third kappa shape index (κ3) is 1.27. The minimum atomic E-state index is -1.07. The second-order valence-corrected chi connectivity index (χ2v) is 7.85. The van der Waals surface area contributed by atoms with Crippen LogP contribution in [-0.4, -0.2) is 23.8 Å². The van der Waals surface area contributed by atoms with Crippen LogP contribution in [0.3, 0.4) is 0 Å². The molecule has 5 rings (SSSR count). The molecule has 1 fully saturated rings. The summed E-state index contributed by atoms with van der Waals surface area (Å²) in [5, 5.41) is 13.5. The normalized spacial score (nSPS) is 30.6. The SMILES string of the molecule is CN1C(=N)N[C@@]2(c3cc(Br)cs3)c3cccc4c3[C@@]2(OC4)C1=O. The maximum atomic E-state index is 13.1. The maximum absolute atomic E-state index is 13.1. The van der Waals surface area contributed by atoms with Crippen molar-refractivity contribution in [2.75, 3.05) is 7.05 Å². The number of guanidine groups is 1. The van der Waals surface area contributed by atoms with Gasteiger partial charge in [-0.3, -0.25) is 15.1 Å². The van der Waals surface area contributed by atoms with E-state index in [1.54, 1.807) is 18.4 Å². The largest absolute Gasteiger partial charge is 0.353 e. The lowest BCUT2D eigenvalue weighted by atomic mass is 9.55. The van der Waals surface area contributed by atoms with Gasteiger partial charge in [0.25, 0.3) is 5.91 Å². The highest BCUT2D eigenvalue weighted by Crippen LogP contribution is 2.65. The number of carbonyl (C=O) groups excluding carboxylic acids is 1. The van der Waals surface area contributed by atoms with Crippen LogP contribution >= 0.6 is 27.3 Å². The Bertz CT molecular complexity index is 910. The molecule has 0 unspecified atom stereocenters. The van der Waals surface area contributed by atoms with Crippen LogP contribution in [0.25, 0.3) is 0 Å². The van der Waals surface area contributed by atoms with Crippen molar-refractivity contribution in [2.45, 2.75) is 17.7 Å². The molecule has 23 heavy (non-hydrogen) atoms. The first-order valence-corrected chi connectivity index (χ1v) is 8.86. The van der Waals surface area contributed by atoms with Crippen molar-refractivity contribution in [3.8, 4) is 0 Å². The number of carbonyl (C=O) groups is 1. The molecular weight excluding hydrogens is 378 g/mol. The molecule has 1 aromatic carbocycles. The van der Waals surface area contributed by atoms with E-state index in [0.717, 1.165) is 26.0 Å². The predicted molar refractivity (Wildman–Crippen MR) is 89.3 cm³/mol. The van der Waals surface area contributed by atoms with E-state index in [1.807, 2.05) is 29.6 Å². The summed E-state index contributed by atoms with van der Waals surface area (Å²) < 4.78 is 7.09. The minimum Gasteiger partial charge on any atom is -0.353 e. The monoisotopic (exact) mass is 389 g/mol. The van der Waals surface area contributed by atoms with Crippen molar-refractivity contribution < 1.29 is 9.53 Å². The van der Waals surface area contributed by atoms with Crippen LogP contribution in [0.15, 0.2) is 34.1 Å². The summed E-state index contributed by atoms with van der Waals surface area (Å²) in [6.07, 6.45) is 0. The van der Waals surface area contributed by atoms with Gasteiger partial charge in [-0.05, 0) is 33.1 Å². The fourth-order valence-electron chi connectivity index (χ4n) is 4.09. The molecule has 0 bridgehead atoms. The van der Waals surface area contributed by atoms with Gasteiger partial charge in [0.1, 0.15) is 5.54 Å². The molecule has 3 heterocycles. The van der Waals surface area contributed by atoms with Crippen LogP contribution < -0.4 is 5.32 Å². The van der Waals surface area contributed by atoms with Crippen LogP contribution in [0.4, 0.5) is 0 Å². The standard InChI is InChI=1S/C16H12BrN3O2S/c1-20-13(21)16-12-8(6-22-16)3-2-4-10(12)15(16,19-14(20)18)11-5-9(17)7-23-11/h2-5,7H,6H2,1H3,(H2,18,19)/t15-,16-/m1/s1. The topological polar surface area (TPSA) is 65.4 Å². The van der Waals surface area contributed by atoms with Gasteiger partial charge in [0.2, 0.25) is 5.60 Å². The number of hydrogen-bond donors (Lipinski definition) is 2. The number of fused-ring (bicyclic) bond motifs is 1. The van der Waals surface area contributed by atoms with Gasteiger partial charge in [-0.1, -0.05) is 18.2 Å². The van der Waals surface area contributed by atoms with Gasteiger partial charge < -0.3 is 10.1 Å². The molecule has 1 aromatic heterocycles. The number of rotatable bonds is 1. The number of thiophene rings is 1. The van der Waals surface area contributed by atoms with Crippen molar-refractivity contribution in [1.82, 2.24) is 10.2 Å². The summed E-state index contributed by atoms with van der Waals surface area (Å²) in [7, 11) is 1.61. The zero-order valence-electron chi connectivity index (χ0n) is 12.1. The molecule has 7 heteroatoms. The second kappa shape index (κ2) is 4.03. The Kier molecular flexibility index (Phi) is 2.40. The molecule has 1 amide bonds. The number of halogens is 1. The predicted octanol–water partition coefficient (Wildman–Crippen LogP) is 2.49. The molecule has 2 aliphatic heterocycles. The number of hydrogen-bond acceptors (Lipinski definition) is 4. The molecule has 0 radical (unpaired) electrons. The van der Waals surface area contributed by atoms with Crippen LogP contribution in [0.1, 0.15) is 21.6 Å². The molecule has 3 aliphatic rings. The summed E-state index contributed by atoms with van der Waals surface area (Å²) in [5.74, 6) is -0.0834. The van der Waals surface area contributed by atoms with E-state index in [1.165, 1.54) is 4.90 Å². The number of nitrogens with zero attached hydrogens (tertiary/aromatic N) is 1. The first-order valence-electron chi connectivity index (χ1n) is 7.18. The van der Waals surface area contributed by atoms with E-state index in [9.17, 15) is 4.79 Å². The Morgan fingerprint density at radius 2 is 2.30 bits per heavy atom. The lowest BCUT2D eigenvalue weighted by Crippen LogP contribution is -2.78. The van der Waals surface area contributed by atoms with Gasteiger partial charge in [-0.25, -0.2) is 0 Å². The summed E-state index contributed by atoms with van der Waals surface area (Å²) in [6, 6.07) is 8.03. The summed E-state index contributed by atoms with van der Waals surface area (Å²) in [5.41, 5.74) is 1.19. The third-order valence-electron chi connectivity index (χ3n) is 5.06. The molecular formula is C16H12BrN3O2S. The third-order valence-corrected chi connectivity index (χ3v) is 6.87. The van der Waals surface area contributed by atoms with Crippen molar-refractivity contribution in [1.29, 1.82) is 5.41 Å². The van der Waals surface area contributed by atoms with E-state index < -0.39 is 11.1 Å². The lowest BCUT2D eigenvalue weighted by molar-refractivity contribution is -0.176. The van der Waals surface area contributed by atoms with Crippen molar-refractivity contribution in [3.05, 3.63) is 55.7 Å². The number of likely N-dealkylation sites (N-methyl/N-ethyl adjacent to an activating group) is 1. The quantitative estimate of drug-likeness (QED) is 0.787. The van der Waals surface area contributed by atoms with Gasteiger partial charge in [0, 0.05) is 27.3 Å². The Hall–Kier alpha value is -1.70. The van der Waals surface area contributed by atoms with Gasteiger partial charge in [0.15, 0.2) is 5.96 Å². The molecule has 1 aliphatic carbocycles. The molecule has 2 atom stereocenters. The Morgan fingerprint density at radius 3 is 3.04 bits per heavy atom. The van der Waals surface area contributed by atoms with Gasteiger partial charge in [-0.15, -0.1) is 11.3 Å². The highest BCUT2D eigenvalue weighted by Gasteiger charge is 2.76. The summed E-state index contributed by atoms with van der Waals surface area (Å²) in [6.45, 7) is 0.423. The molecule has 1 saturated heterocycles. The van der Waals surface area contributed by atoms with Crippen LogP contribution in [0, 0.1) is 5.41 Å². The molecule has 2 N–H and O–H groups in total. The number of nitrogens with one attached hydrogen (secondary N) is 2. The van der Waals surface area contributed by atoms with E-state index >= 15 is 0 Å². The number of amides is 1. The second-order valence-electron chi connectivity index (χ2n) is 6.03. The molecule has 2 aromatic rings. The van der Waals surface area contributed by atoms with Crippen LogP contribution in [0.2, 0.25) is 0 Å². The maximum Gasteiger partial charge on any atom is 0.269 e. The molecule has 1 spiro atoms. The first-order chi connectivity index (χ1) is 11.0. The van der Waals surface area contributed by atoms with Gasteiger partial charge in [0.05, 0.1) is 6.61 Å². The summed E-state index contributed by atoms with van der Waals surface area (Å²) in [4.78, 5) is 15.5. The first kappa shape index (κ1) is 13.7. The van der Waals surface area contributed by atoms with Crippen LogP contribution in [0.5, 0.6) is 0 Å². The van der Waals surface area contributed by atoms with Gasteiger partial charge in [-0.2, -0.15) is 0 Å². The summed E-state index contributed by atoms with van der Waals surface area (Å²) >= 11 is 5.05. The fourth-order valence-corrected chi connectivity index (χ4v) is 5.74. The zero-order valence-corrected chi connectivity index (χ0v) is 14.5. The lowest BCUT2D eigenvalue weighted by Gasteiger charge is -2.59. The average Bonchev–Trinajstić information content (AvgIpc) is 3.13.